The highest BCUT2D eigenvalue weighted by atomic mass is 15.1. The molecule has 0 aliphatic heterocycles. The van der Waals surface area contributed by atoms with E-state index in [1.807, 2.05) is 0 Å². The van der Waals surface area contributed by atoms with Gasteiger partial charge in [-0.1, -0.05) is 111 Å². The highest BCUT2D eigenvalue weighted by Gasteiger charge is 2.22. The number of unbranched alkanes of at least 4 members (excludes halogenated alkanes) is 3. The molecule has 0 bridgehead atoms. The number of anilines is 1. The summed E-state index contributed by atoms with van der Waals surface area (Å²) >= 11 is 0. The fourth-order valence-corrected chi connectivity index (χ4v) is 6.87. The minimum absolute atomic E-state index is 0.595. The Morgan fingerprint density at radius 1 is 0.618 bits per heavy atom. The van der Waals surface area contributed by atoms with Gasteiger partial charge >= 0.3 is 0 Å². The summed E-state index contributed by atoms with van der Waals surface area (Å²) < 4.78 is 0. The van der Waals surface area contributed by atoms with E-state index >= 15 is 0 Å². The van der Waals surface area contributed by atoms with E-state index in [9.17, 15) is 0 Å². The first-order chi connectivity index (χ1) is 25.5. The quantitative estimate of drug-likeness (QED) is 0.196. The van der Waals surface area contributed by atoms with Crippen molar-refractivity contribution >= 4 is 5.69 Å². The highest BCUT2D eigenvalue weighted by molar-refractivity contribution is 5.59. The maximum Gasteiger partial charge on any atom is 0.0425 e. The molecule has 3 rings (SSSR count). The van der Waals surface area contributed by atoms with Crippen LogP contribution in [0, 0.1) is 18.8 Å². The monoisotopic (exact) mass is 777 g/mol. The average Bonchev–Trinajstić information content (AvgIpc) is 3.11. The minimum Gasteiger partial charge on any atom is -0.377 e. The second-order valence-electron chi connectivity index (χ2n) is 19.0. The molecule has 0 spiro atoms. The van der Waals surface area contributed by atoms with Crippen molar-refractivity contribution in [1.82, 2.24) is 24.5 Å². The molecule has 0 N–H and O–H groups in total. The number of nitrogens with zero attached hydrogens (tertiary/aromatic N) is 6. The first-order valence-electron chi connectivity index (χ1n) is 22.6. The van der Waals surface area contributed by atoms with E-state index < -0.39 is 0 Å². The summed E-state index contributed by atoms with van der Waals surface area (Å²) in [7, 11) is 25.6. The van der Waals surface area contributed by atoms with E-state index in [0.717, 1.165) is 23.9 Å². The first-order valence-corrected chi connectivity index (χ1v) is 22.6. The molecule has 3 atom stereocenters. The Kier molecular flexibility index (Phi) is 36.8. The predicted molar refractivity (Wildman–Crippen MR) is 255 cm³/mol. The summed E-state index contributed by atoms with van der Waals surface area (Å²) in [6.45, 7) is 23.6. The maximum absolute atomic E-state index is 2.38. The van der Waals surface area contributed by atoms with Gasteiger partial charge in [0.2, 0.25) is 0 Å². The Morgan fingerprint density at radius 3 is 1.42 bits per heavy atom. The van der Waals surface area contributed by atoms with Gasteiger partial charge in [0, 0.05) is 44.0 Å². The molecule has 2 aliphatic rings. The van der Waals surface area contributed by atoms with Crippen molar-refractivity contribution in [1.29, 1.82) is 0 Å². The normalized spacial score (nSPS) is 17.8. The number of hydrogen-bond donors (Lipinski definition) is 0. The van der Waals surface area contributed by atoms with Crippen molar-refractivity contribution in [3.8, 4) is 0 Å². The molecule has 2 aliphatic carbocycles. The molecule has 330 valence electrons. The van der Waals surface area contributed by atoms with Gasteiger partial charge in [-0.2, -0.15) is 0 Å². The molecule has 6 nitrogen and oxygen atoms in total. The maximum atomic E-state index is 2.38. The van der Waals surface area contributed by atoms with Crippen molar-refractivity contribution in [3.63, 3.8) is 0 Å². The smallest absolute Gasteiger partial charge is 0.0425 e. The van der Waals surface area contributed by atoms with Gasteiger partial charge in [0.25, 0.3) is 0 Å². The van der Waals surface area contributed by atoms with Gasteiger partial charge in [0.1, 0.15) is 0 Å². The Bertz CT molecular complexity index is 948. The molecule has 55 heavy (non-hydrogen) atoms. The zero-order chi connectivity index (χ0) is 43.3. The second-order valence-corrected chi connectivity index (χ2v) is 19.0. The van der Waals surface area contributed by atoms with Crippen LogP contribution >= 0.6 is 0 Å². The molecule has 1 aromatic rings. The van der Waals surface area contributed by atoms with Gasteiger partial charge in [-0.15, -0.1) is 0 Å². The van der Waals surface area contributed by atoms with Gasteiger partial charge in [0.15, 0.2) is 0 Å². The molecule has 2 saturated carbocycles. The van der Waals surface area contributed by atoms with Crippen LogP contribution in [-0.4, -0.2) is 140 Å². The standard InChI is InChI=1S/C12H19N.C9H19N.C8H17N.C8H19N.C7H17N.C5H13N/c1-9(2)11-8-6-7-10(3)12(11)13(4)5;1-8-6-4-5-7-9(8)10(2)3;1-9(2)8-6-4-3-5-7-8;1-4-5-6-7-8-9(2)3;1-6(2)7(3)8(4)5;1-5(2)6(3)4/h6-9H,1-5H3;8-9H,4-7H2,1-3H3;8H,3-7H2,1-2H3;4-8H2,1-3H3;6-7H,1-5H3;5H,1-4H3. The molecular weight excluding hydrogens is 673 g/mol. The summed E-state index contributed by atoms with van der Waals surface area (Å²) in [4.78, 5) is 13.6. The van der Waals surface area contributed by atoms with E-state index in [0.29, 0.717) is 18.0 Å². The van der Waals surface area contributed by atoms with Crippen molar-refractivity contribution in [2.45, 2.75) is 183 Å². The summed E-state index contributed by atoms with van der Waals surface area (Å²) in [6, 6.07) is 9.65. The van der Waals surface area contributed by atoms with Crippen molar-refractivity contribution in [2.24, 2.45) is 11.8 Å². The molecule has 0 aromatic heterocycles. The van der Waals surface area contributed by atoms with Crippen LogP contribution in [0.3, 0.4) is 0 Å². The Morgan fingerprint density at radius 2 is 1.13 bits per heavy atom. The molecule has 2 fully saturated rings. The van der Waals surface area contributed by atoms with Crippen molar-refractivity contribution in [3.05, 3.63) is 29.3 Å². The van der Waals surface area contributed by atoms with Crippen LogP contribution in [0.25, 0.3) is 0 Å². The lowest BCUT2D eigenvalue weighted by atomic mass is 9.85. The lowest BCUT2D eigenvalue weighted by Crippen LogP contribution is -2.36. The molecule has 0 heterocycles. The van der Waals surface area contributed by atoms with Gasteiger partial charge in [-0.3, -0.25) is 0 Å². The van der Waals surface area contributed by atoms with E-state index in [1.165, 1.54) is 107 Å². The predicted octanol–water partition coefficient (Wildman–Crippen LogP) is 11.9. The highest BCUT2D eigenvalue weighted by Crippen LogP contribution is 2.29. The summed E-state index contributed by atoms with van der Waals surface area (Å²) in [6.07, 6.45) is 18.4. The van der Waals surface area contributed by atoms with Gasteiger partial charge in [-0.25, -0.2) is 0 Å². The largest absolute Gasteiger partial charge is 0.377 e. The van der Waals surface area contributed by atoms with E-state index in [4.69, 9.17) is 0 Å². The number of para-hydroxylation sites is 1. The third-order valence-corrected chi connectivity index (χ3v) is 11.6. The zero-order valence-electron chi connectivity index (χ0n) is 41.9. The molecule has 6 heteroatoms. The second kappa shape index (κ2) is 34.8. The fraction of sp³-hybridized carbons (Fsp3) is 0.878. The van der Waals surface area contributed by atoms with Crippen LogP contribution in [0.2, 0.25) is 0 Å². The van der Waals surface area contributed by atoms with Gasteiger partial charge < -0.3 is 29.4 Å². The number of aryl methyl sites for hydroxylation is 1. The fourth-order valence-electron chi connectivity index (χ4n) is 6.87. The Balaban J connectivity index is -0.000000599. The van der Waals surface area contributed by atoms with Crippen LogP contribution in [-0.2, 0) is 0 Å². The number of hydrogen-bond acceptors (Lipinski definition) is 6. The van der Waals surface area contributed by atoms with Gasteiger partial charge in [-0.05, 0) is 166 Å². The molecule has 3 unspecified atom stereocenters. The lowest BCUT2D eigenvalue weighted by molar-refractivity contribution is 0.167. The summed E-state index contributed by atoms with van der Waals surface area (Å²) in [5.41, 5.74) is 4.17. The van der Waals surface area contributed by atoms with Crippen LogP contribution < -0.4 is 4.90 Å². The third-order valence-electron chi connectivity index (χ3n) is 11.6. The summed E-state index contributed by atoms with van der Waals surface area (Å²) in [5, 5.41) is 0. The van der Waals surface area contributed by atoms with E-state index in [2.05, 4.69) is 201 Å². The number of rotatable bonds is 12. The van der Waals surface area contributed by atoms with Crippen LogP contribution in [0.1, 0.15) is 163 Å². The Hall–Kier alpha value is -1.18. The minimum atomic E-state index is 0.595. The number of benzene rings is 1. The average molecular weight is 777 g/mol. The van der Waals surface area contributed by atoms with Crippen LogP contribution in [0.5, 0.6) is 0 Å². The van der Waals surface area contributed by atoms with Crippen molar-refractivity contribution in [2.75, 3.05) is 96.0 Å². The SMILES string of the molecule is CC(C)C(C)N(C)C.CC(C)N(C)C.CC1CCCCC1N(C)C.CCCCCCN(C)C.CN(C)C1CCCCC1.Cc1cccc(C(C)C)c1N(C)C. The molecule has 1 aromatic carbocycles. The topological polar surface area (TPSA) is 19.4 Å². The lowest BCUT2D eigenvalue weighted by Gasteiger charge is -2.33. The third kappa shape index (κ3) is 31.5. The van der Waals surface area contributed by atoms with Gasteiger partial charge in [0.05, 0.1) is 0 Å². The first kappa shape index (κ1) is 58.1. The zero-order valence-corrected chi connectivity index (χ0v) is 41.9. The van der Waals surface area contributed by atoms with E-state index in [-0.39, 0.29) is 0 Å². The molecule has 0 saturated heterocycles. The van der Waals surface area contributed by atoms with Crippen LogP contribution in [0.4, 0.5) is 5.69 Å². The summed E-state index contributed by atoms with van der Waals surface area (Å²) in [5.74, 6) is 2.28. The van der Waals surface area contributed by atoms with Crippen molar-refractivity contribution < 1.29 is 0 Å². The molecule has 0 amide bonds. The molecular formula is C49H104N6. The molecule has 0 radical (unpaired) electrons. The Labute approximate surface area is 349 Å². The van der Waals surface area contributed by atoms with E-state index in [1.54, 1.807) is 0 Å². The van der Waals surface area contributed by atoms with Crippen LogP contribution in [0.15, 0.2) is 18.2 Å².